The molecule has 1 aliphatic rings. The van der Waals surface area contributed by atoms with Crippen molar-refractivity contribution in [3.63, 3.8) is 0 Å². The van der Waals surface area contributed by atoms with Crippen LogP contribution in [0.2, 0.25) is 0 Å². The molecule has 2 aromatic rings. The first-order valence-corrected chi connectivity index (χ1v) is 8.10. The number of piperazine rings is 1. The van der Waals surface area contributed by atoms with E-state index in [4.69, 9.17) is 4.42 Å². The van der Waals surface area contributed by atoms with Crippen LogP contribution >= 0.6 is 22.6 Å². The standard InChI is InChI=1S/C16H17IN2O2/c17-14-4-1-3-13(11-14)16(20)19-8-6-18(7-9-19)12-15-5-2-10-21-15/h1-5,10-11H,6-9,12H2. The molecule has 1 aromatic heterocycles. The van der Waals surface area contributed by atoms with Crippen molar-refractivity contribution < 1.29 is 9.21 Å². The van der Waals surface area contributed by atoms with Gasteiger partial charge in [0.25, 0.3) is 5.91 Å². The molecule has 1 aliphatic heterocycles. The molecule has 0 N–H and O–H groups in total. The van der Waals surface area contributed by atoms with Gasteiger partial charge in [-0.1, -0.05) is 6.07 Å². The highest BCUT2D eigenvalue weighted by Gasteiger charge is 2.22. The Balaban J connectivity index is 1.57. The van der Waals surface area contributed by atoms with Gasteiger partial charge in [-0.2, -0.15) is 0 Å². The molecule has 0 radical (unpaired) electrons. The van der Waals surface area contributed by atoms with Gasteiger partial charge in [0, 0.05) is 35.3 Å². The van der Waals surface area contributed by atoms with Crippen LogP contribution in [0.25, 0.3) is 0 Å². The fraction of sp³-hybridized carbons (Fsp3) is 0.312. The molecule has 1 fully saturated rings. The summed E-state index contributed by atoms with van der Waals surface area (Å²) in [6, 6.07) is 11.7. The zero-order valence-electron chi connectivity index (χ0n) is 11.7. The number of hydrogen-bond acceptors (Lipinski definition) is 3. The van der Waals surface area contributed by atoms with Gasteiger partial charge in [-0.05, 0) is 52.9 Å². The molecule has 0 atom stereocenters. The lowest BCUT2D eigenvalue weighted by Crippen LogP contribution is -2.48. The fourth-order valence-corrected chi connectivity index (χ4v) is 3.08. The number of carbonyl (C=O) groups excluding carboxylic acids is 1. The highest BCUT2D eigenvalue weighted by Crippen LogP contribution is 2.14. The van der Waals surface area contributed by atoms with Gasteiger partial charge >= 0.3 is 0 Å². The molecule has 4 nitrogen and oxygen atoms in total. The van der Waals surface area contributed by atoms with Gasteiger partial charge in [0.05, 0.1) is 12.8 Å². The second-order valence-electron chi connectivity index (χ2n) is 5.16. The van der Waals surface area contributed by atoms with Crippen LogP contribution in [0.3, 0.4) is 0 Å². The number of benzene rings is 1. The number of rotatable bonds is 3. The molecule has 3 rings (SSSR count). The fourth-order valence-electron chi connectivity index (χ4n) is 2.54. The molecule has 0 aliphatic carbocycles. The van der Waals surface area contributed by atoms with Gasteiger partial charge in [-0.15, -0.1) is 0 Å². The Kier molecular flexibility index (Phi) is 4.60. The summed E-state index contributed by atoms with van der Waals surface area (Å²) in [6.45, 7) is 4.13. The number of halogens is 1. The van der Waals surface area contributed by atoms with Crippen molar-refractivity contribution in [2.75, 3.05) is 26.2 Å². The lowest BCUT2D eigenvalue weighted by molar-refractivity contribution is 0.0620. The van der Waals surface area contributed by atoms with Gasteiger partial charge in [0.15, 0.2) is 0 Å². The first-order valence-electron chi connectivity index (χ1n) is 7.02. The molecule has 1 aromatic carbocycles. The molecular weight excluding hydrogens is 379 g/mol. The predicted octanol–water partition coefficient (Wildman–Crippen LogP) is 2.84. The molecule has 5 heteroatoms. The second-order valence-corrected chi connectivity index (χ2v) is 6.40. The number of carbonyl (C=O) groups is 1. The first kappa shape index (κ1) is 14.6. The van der Waals surface area contributed by atoms with Crippen LogP contribution in [0.5, 0.6) is 0 Å². The van der Waals surface area contributed by atoms with E-state index in [-0.39, 0.29) is 5.91 Å². The van der Waals surface area contributed by atoms with E-state index >= 15 is 0 Å². The molecule has 0 bridgehead atoms. The van der Waals surface area contributed by atoms with E-state index < -0.39 is 0 Å². The summed E-state index contributed by atoms with van der Waals surface area (Å²) in [6.07, 6.45) is 1.70. The summed E-state index contributed by atoms with van der Waals surface area (Å²) in [4.78, 5) is 16.7. The Morgan fingerprint density at radius 2 is 1.95 bits per heavy atom. The highest BCUT2D eigenvalue weighted by atomic mass is 127. The SMILES string of the molecule is O=C(c1cccc(I)c1)N1CCN(Cc2ccco2)CC1. The van der Waals surface area contributed by atoms with E-state index in [1.165, 1.54) is 0 Å². The van der Waals surface area contributed by atoms with Crippen molar-refractivity contribution in [1.82, 2.24) is 9.80 Å². The average Bonchev–Trinajstić information content (AvgIpc) is 3.00. The maximum atomic E-state index is 12.5. The number of nitrogens with zero attached hydrogens (tertiary/aromatic N) is 2. The molecule has 0 spiro atoms. The molecule has 110 valence electrons. The average molecular weight is 396 g/mol. The summed E-state index contributed by atoms with van der Waals surface area (Å²) in [5, 5.41) is 0. The highest BCUT2D eigenvalue weighted by molar-refractivity contribution is 14.1. The van der Waals surface area contributed by atoms with Crippen LogP contribution in [0, 0.1) is 3.57 Å². The minimum atomic E-state index is 0.131. The molecule has 21 heavy (non-hydrogen) atoms. The zero-order chi connectivity index (χ0) is 14.7. The van der Waals surface area contributed by atoms with E-state index in [0.717, 1.165) is 47.6 Å². The zero-order valence-corrected chi connectivity index (χ0v) is 13.8. The quantitative estimate of drug-likeness (QED) is 0.749. The largest absolute Gasteiger partial charge is 0.468 e. The van der Waals surface area contributed by atoms with E-state index in [0.29, 0.717) is 0 Å². The normalized spacial score (nSPS) is 16.1. The molecule has 1 saturated heterocycles. The van der Waals surface area contributed by atoms with Gasteiger partial charge in [0.1, 0.15) is 5.76 Å². The molecule has 2 heterocycles. The predicted molar refractivity (Wildman–Crippen MR) is 89.0 cm³/mol. The Morgan fingerprint density at radius 1 is 1.14 bits per heavy atom. The monoisotopic (exact) mass is 396 g/mol. The second kappa shape index (κ2) is 6.62. The van der Waals surface area contributed by atoms with Crippen LogP contribution in [0.4, 0.5) is 0 Å². The molecule has 0 unspecified atom stereocenters. The summed E-state index contributed by atoms with van der Waals surface area (Å²) >= 11 is 2.24. The third kappa shape index (κ3) is 3.65. The van der Waals surface area contributed by atoms with E-state index in [1.54, 1.807) is 6.26 Å². The van der Waals surface area contributed by atoms with Gasteiger partial charge < -0.3 is 9.32 Å². The van der Waals surface area contributed by atoms with Crippen molar-refractivity contribution >= 4 is 28.5 Å². The Hall–Kier alpha value is -1.34. The molecule has 0 saturated carbocycles. The third-order valence-corrected chi connectivity index (χ3v) is 4.36. The Labute approximate surface area is 137 Å². The topological polar surface area (TPSA) is 36.7 Å². The lowest BCUT2D eigenvalue weighted by atomic mass is 10.2. The van der Waals surface area contributed by atoms with Crippen LogP contribution in [-0.4, -0.2) is 41.9 Å². The number of hydrogen-bond donors (Lipinski definition) is 0. The first-order chi connectivity index (χ1) is 10.2. The van der Waals surface area contributed by atoms with Crippen LogP contribution in [0.15, 0.2) is 47.1 Å². The maximum absolute atomic E-state index is 12.5. The summed E-state index contributed by atoms with van der Waals surface area (Å²) in [5.74, 6) is 1.11. The van der Waals surface area contributed by atoms with Gasteiger partial charge in [0.2, 0.25) is 0 Å². The number of amides is 1. The number of furan rings is 1. The van der Waals surface area contributed by atoms with Crippen LogP contribution < -0.4 is 0 Å². The smallest absolute Gasteiger partial charge is 0.253 e. The van der Waals surface area contributed by atoms with Crippen molar-refractivity contribution in [2.24, 2.45) is 0 Å². The van der Waals surface area contributed by atoms with Crippen molar-refractivity contribution in [3.05, 3.63) is 57.6 Å². The molecular formula is C16H17IN2O2. The van der Waals surface area contributed by atoms with Gasteiger partial charge in [-0.3, -0.25) is 9.69 Å². The third-order valence-electron chi connectivity index (χ3n) is 3.69. The Bertz CT molecular complexity index is 604. The van der Waals surface area contributed by atoms with Crippen molar-refractivity contribution in [2.45, 2.75) is 6.54 Å². The molecule has 1 amide bonds. The lowest BCUT2D eigenvalue weighted by Gasteiger charge is -2.34. The Morgan fingerprint density at radius 3 is 2.62 bits per heavy atom. The minimum Gasteiger partial charge on any atom is -0.468 e. The summed E-state index contributed by atoms with van der Waals surface area (Å²) < 4.78 is 6.46. The van der Waals surface area contributed by atoms with E-state index in [1.807, 2.05) is 41.3 Å². The van der Waals surface area contributed by atoms with Crippen LogP contribution in [-0.2, 0) is 6.54 Å². The minimum absolute atomic E-state index is 0.131. The van der Waals surface area contributed by atoms with Crippen LogP contribution in [0.1, 0.15) is 16.1 Å². The van der Waals surface area contributed by atoms with Crippen molar-refractivity contribution in [3.8, 4) is 0 Å². The maximum Gasteiger partial charge on any atom is 0.253 e. The summed E-state index contributed by atoms with van der Waals surface area (Å²) in [5.41, 5.74) is 0.779. The van der Waals surface area contributed by atoms with Gasteiger partial charge in [-0.25, -0.2) is 0 Å². The van der Waals surface area contributed by atoms with E-state index in [2.05, 4.69) is 27.5 Å². The van der Waals surface area contributed by atoms with E-state index in [9.17, 15) is 4.79 Å². The summed E-state index contributed by atoms with van der Waals surface area (Å²) in [7, 11) is 0. The van der Waals surface area contributed by atoms with Crippen molar-refractivity contribution in [1.29, 1.82) is 0 Å².